The van der Waals surface area contributed by atoms with Gasteiger partial charge in [-0.25, -0.2) is 4.79 Å². The highest BCUT2D eigenvalue weighted by atomic mass is 32.1. The summed E-state index contributed by atoms with van der Waals surface area (Å²) in [5.41, 5.74) is -1.73. The van der Waals surface area contributed by atoms with Gasteiger partial charge in [0.1, 0.15) is 16.3 Å². The Labute approximate surface area is 145 Å². The van der Waals surface area contributed by atoms with E-state index in [9.17, 15) is 22.8 Å². The number of halogens is 3. The van der Waals surface area contributed by atoms with Crippen molar-refractivity contribution in [2.24, 2.45) is 0 Å². The van der Waals surface area contributed by atoms with Gasteiger partial charge in [0.15, 0.2) is 0 Å². The minimum Gasteiger partial charge on any atom is -0.496 e. The van der Waals surface area contributed by atoms with E-state index in [-0.39, 0.29) is 22.9 Å². The number of hydrogen-bond donors (Lipinski definition) is 1. The van der Waals surface area contributed by atoms with Crippen LogP contribution >= 0.6 is 11.3 Å². The summed E-state index contributed by atoms with van der Waals surface area (Å²) in [5.74, 6) is -1.59. The second-order valence-electron chi connectivity index (χ2n) is 4.73. The molecule has 0 aliphatic carbocycles. The van der Waals surface area contributed by atoms with Crippen molar-refractivity contribution in [1.29, 1.82) is 0 Å². The van der Waals surface area contributed by atoms with Crippen molar-refractivity contribution >= 4 is 28.2 Å². The van der Waals surface area contributed by atoms with Gasteiger partial charge in [-0.05, 0) is 19.1 Å². The fourth-order valence-corrected chi connectivity index (χ4v) is 3.02. The van der Waals surface area contributed by atoms with Crippen LogP contribution < -0.4 is 10.1 Å². The highest BCUT2D eigenvalue weighted by Crippen LogP contribution is 2.40. The molecule has 1 aromatic carbocycles. The van der Waals surface area contributed by atoms with Gasteiger partial charge < -0.3 is 14.8 Å². The van der Waals surface area contributed by atoms with E-state index < -0.39 is 29.2 Å². The Morgan fingerprint density at radius 2 is 1.92 bits per heavy atom. The van der Waals surface area contributed by atoms with Crippen LogP contribution in [0.15, 0.2) is 29.6 Å². The summed E-state index contributed by atoms with van der Waals surface area (Å²) in [5, 5.41) is 2.87. The van der Waals surface area contributed by atoms with E-state index in [4.69, 9.17) is 4.74 Å². The van der Waals surface area contributed by atoms with E-state index in [2.05, 4.69) is 10.1 Å². The molecule has 0 fully saturated rings. The minimum atomic E-state index is -4.74. The maximum atomic E-state index is 13.1. The zero-order valence-electron chi connectivity index (χ0n) is 13.3. The van der Waals surface area contributed by atoms with Crippen LogP contribution in [-0.4, -0.2) is 25.6 Å². The molecule has 5 nitrogen and oxygen atoms in total. The molecule has 1 N–H and O–H groups in total. The van der Waals surface area contributed by atoms with E-state index in [1.165, 1.54) is 26.2 Å². The van der Waals surface area contributed by atoms with E-state index >= 15 is 0 Å². The third-order valence-electron chi connectivity index (χ3n) is 3.15. The molecule has 0 spiro atoms. The van der Waals surface area contributed by atoms with Crippen molar-refractivity contribution in [3.63, 3.8) is 0 Å². The number of thiophene rings is 1. The number of benzene rings is 1. The summed E-state index contributed by atoms with van der Waals surface area (Å²) in [7, 11) is 1.36. The second kappa shape index (κ2) is 7.56. The summed E-state index contributed by atoms with van der Waals surface area (Å²) in [6.45, 7) is 1.39. The lowest BCUT2D eigenvalue weighted by Crippen LogP contribution is -2.18. The van der Waals surface area contributed by atoms with E-state index in [0.29, 0.717) is 11.3 Å². The third kappa shape index (κ3) is 4.11. The molecule has 134 valence electrons. The first kappa shape index (κ1) is 18.8. The number of carbonyl (C=O) groups excluding carboxylic acids is 2. The van der Waals surface area contributed by atoms with Crippen LogP contribution in [0.1, 0.15) is 33.2 Å². The third-order valence-corrected chi connectivity index (χ3v) is 4.05. The number of esters is 1. The van der Waals surface area contributed by atoms with E-state index in [0.717, 1.165) is 5.38 Å². The molecule has 0 aliphatic rings. The molecule has 0 bridgehead atoms. The van der Waals surface area contributed by atoms with Crippen LogP contribution in [0.25, 0.3) is 0 Å². The molecule has 0 unspecified atom stereocenters. The topological polar surface area (TPSA) is 64.6 Å². The number of hydrogen-bond acceptors (Lipinski definition) is 5. The van der Waals surface area contributed by atoms with Crippen molar-refractivity contribution in [3.8, 4) is 5.75 Å². The Balaban J connectivity index is 2.41. The Kier molecular flexibility index (Phi) is 5.68. The first-order valence-electron chi connectivity index (χ1n) is 7.09. The summed E-state index contributed by atoms with van der Waals surface area (Å²) in [4.78, 5) is 24.3. The predicted octanol–water partition coefficient (Wildman–Crippen LogP) is 4.20. The van der Waals surface area contributed by atoms with Crippen molar-refractivity contribution in [2.75, 3.05) is 19.0 Å². The van der Waals surface area contributed by atoms with Crippen molar-refractivity contribution in [1.82, 2.24) is 0 Å². The largest absolute Gasteiger partial charge is 0.496 e. The lowest BCUT2D eigenvalue weighted by atomic mass is 10.1. The van der Waals surface area contributed by atoms with Gasteiger partial charge >= 0.3 is 12.1 Å². The fraction of sp³-hybridized carbons (Fsp3) is 0.250. The van der Waals surface area contributed by atoms with Gasteiger partial charge in [-0.1, -0.05) is 12.1 Å². The first-order chi connectivity index (χ1) is 11.8. The Morgan fingerprint density at radius 1 is 1.24 bits per heavy atom. The molecule has 1 amide bonds. The minimum absolute atomic E-state index is 0.0914. The van der Waals surface area contributed by atoms with Crippen molar-refractivity contribution < 1.29 is 32.2 Å². The Morgan fingerprint density at radius 3 is 2.52 bits per heavy atom. The molecule has 2 aromatic rings. The Bertz CT molecular complexity index is 786. The van der Waals surface area contributed by atoms with Crippen LogP contribution in [0.5, 0.6) is 5.75 Å². The number of para-hydroxylation sites is 1. The number of ether oxygens (including phenoxy) is 2. The van der Waals surface area contributed by atoms with Crippen LogP contribution in [-0.2, 0) is 10.9 Å². The maximum absolute atomic E-state index is 13.1. The zero-order chi connectivity index (χ0) is 18.6. The summed E-state index contributed by atoms with van der Waals surface area (Å²) < 4.78 is 49.1. The average Bonchev–Trinajstić information content (AvgIpc) is 2.99. The van der Waals surface area contributed by atoms with E-state index in [1.807, 2.05) is 0 Å². The quantitative estimate of drug-likeness (QED) is 0.798. The normalized spacial score (nSPS) is 11.1. The van der Waals surface area contributed by atoms with Crippen molar-refractivity contribution in [2.45, 2.75) is 13.1 Å². The number of nitrogens with one attached hydrogen (secondary N) is 1. The van der Waals surface area contributed by atoms with Gasteiger partial charge in [0.2, 0.25) is 0 Å². The number of methoxy groups -OCH3 is 1. The zero-order valence-corrected chi connectivity index (χ0v) is 14.1. The molecule has 0 radical (unpaired) electrons. The van der Waals surface area contributed by atoms with Gasteiger partial charge in [-0.15, -0.1) is 11.3 Å². The molecular weight excluding hydrogens is 359 g/mol. The SMILES string of the molecule is CCOC(=O)c1c(C(F)(F)F)csc1NC(=O)c1ccccc1OC. The summed E-state index contributed by atoms with van der Waals surface area (Å²) in [6, 6.07) is 6.22. The van der Waals surface area contributed by atoms with Gasteiger partial charge in [-0.3, -0.25) is 4.79 Å². The van der Waals surface area contributed by atoms with E-state index in [1.54, 1.807) is 12.1 Å². The molecule has 9 heteroatoms. The van der Waals surface area contributed by atoms with Gasteiger partial charge in [-0.2, -0.15) is 13.2 Å². The molecule has 25 heavy (non-hydrogen) atoms. The smallest absolute Gasteiger partial charge is 0.418 e. The lowest BCUT2D eigenvalue weighted by molar-refractivity contribution is -0.137. The Hall–Kier alpha value is -2.55. The first-order valence-corrected chi connectivity index (χ1v) is 7.97. The average molecular weight is 373 g/mol. The molecular formula is C16H14F3NO4S. The fourth-order valence-electron chi connectivity index (χ4n) is 2.07. The number of amides is 1. The van der Waals surface area contributed by atoms with Gasteiger partial charge in [0.25, 0.3) is 5.91 Å². The predicted molar refractivity (Wildman–Crippen MR) is 86.2 cm³/mol. The van der Waals surface area contributed by atoms with Gasteiger partial charge in [0, 0.05) is 5.38 Å². The van der Waals surface area contributed by atoms with Crippen LogP contribution in [0, 0.1) is 0 Å². The molecule has 0 atom stereocenters. The molecule has 0 saturated heterocycles. The molecule has 2 rings (SSSR count). The molecule has 1 heterocycles. The van der Waals surface area contributed by atoms with Gasteiger partial charge in [0.05, 0.1) is 24.8 Å². The molecule has 1 aromatic heterocycles. The van der Waals surface area contributed by atoms with Crippen molar-refractivity contribution in [3.05, 3.63) is 46.3 Å². The lowest BCUT2D eigenvalue weighted by Gasteiger charge is -2.11. The number of alkyl halides is 3. The second-order valence-corrected chi connectivity index (χ2v) is 5.61. The highest BCUT2D eigenvalue weighted by molar-refractivity contribution is 7.15. The van der Waals surface area contributed by atoms with Crippen LogP contribution in [0.4, 0.5) is 18.2 Å². The maximum Gasteiger partial charge on any atom is 0.418 e. The van der Waals surface area contributed by atoms with Crippen LogP contribution in [0.2, 0.25) is 0 Å². The number of anilines is 1. The molecule has 0 aliphatic heterocycles. The monoisotopic (exact) mass is 373 g/mol. The standard InChI is InChI=1S/C16H14F3NO4S/c1-3-24-15(22)12-10(16(17,18)19)8-25-14(12)20-13(21)9-6-4-5-7-11(9)23-2/h4-8H,3H2,1-2H3,(H,20,21). The number of rotatable bonds is 5. The summed E-state index contributed by atoms with van der Waals surface area (Å²) >= 11 is 0.600. The highest BCUT2D eigenvalue weighted by Gasteiger charge is 2.39. The summed E-state index contributed by atoms with van der Waals surface area (Å²) in [6.07, 6.45) is -4.74. The molecule has 0 saturated carbocycles. The number of carbonyl (C=O) groups is 2. The van der Waals surface area contributed by atoms with Crippen LogP contribution in [0.3, 0.4) is 0 Å².